The Hall–Kier alpha value is -3.05. The number of ketones is 1. The first-order valence-corrected chi connectivity index (χ1v) is 12.5. The molecule has 1 aliphatic rings. The largest absolute Gasteiger partial charge is 0.456 e. The number of carbonyl (C=O) groups excluding carboxylic acids is 3. The predicted octanol–water partition coefficient (Wildman–Crippen LogP) is 4.51. The van der Waals surface area contributed by atoms with Gasteiger partial charge in [-0.1, -0.05) is 27.2 Å². The zero-order valence-electron chi connectivity index (χ0n) is 20.3. The summed E-state index contributed by atoms with van der Waals surface area (Å²) in [5.74, 6) is -1.62. The first-order chi connectivity index (χ1) is 17.2. The number of nitrogens with one attached hydrogen (secondary N) is 2. The van der Waals surface area contributed by atoms with Crippen molar-refractivity contribution in [2.75, 3.05) is 12.1 Å². The van der Waals surface area contributed by atoms with Gasteiger partial charge in [0.1, 0.15) is 23.4 Å². The zero-order valence-corrected chi connectivity index (χ0v) is 21.9. The topological polar surface area (TPSA) is 133 Å². The number of Topliss-reactive ketones (excluding diaryl/α,β-unsaturated/α-hetero) is 1. The minimum absolute atomic E-state index is 0.0102. The maximum atomic E-state index is 15.0. The Morgan fingerprint density at radius 3 is 2.64 bits per heavy atom. The van der Waals surface area contributed by atoms with Crippen molar-refractivity contribution in [3.05, 3.63) is 51.9 Å². The summed E-state index contributed by atoms with van der Waals surface area (Å²) in [5, 5.41) is 5.40. The van der Waals surface area contributed by atoms with Crippen LogP contribution in [0, 0.1) is 11.7 Å². The highest BCUT2D eigenvalue weighted by Gasteiger charge is 2.44. The maximum Gasteiger partial charge on any atom is 0.326 e. The van der Waals surface area contributed by atoms with Gasteiger partial charge in [0.05, 0.1) is 5.56 Å². The predicted molar refractivity (Wildman–Crippen MR) is 135 cm³/mol. The second-order valence-corrected chi connectivity index (χ2v) is 9.58. The number of nitrogens with two attached hydrogens (primary N) is 1. The molecule has 3 rings (SSSR count). The average molecular weight is 565 g/mol. The van der Waals surface area contributed by atoms with Crippen LogP contribution in [-0.2, 0) is 9.53 Å². The summed E-state index contributed by atoms with van der Waals surface area (Å²) in [4.78, 5) is 41.2. The van der Waals surface area contributed by atoms with Crippen molar-refractivity contribution in [1.82, 2.24) is 10.3 Å². The lowest BCUT2D eigenvalue weighted by atomic mass is 10.00. The number of anilines is 1. The molecule has 1 fully saturated rings. The molecule has 1 aromatic heterocycles. The van der Waals surface area contributed by atoms with E-state index in [0.717, 1.165) is 4.47 Å². The second kappa shape index (κ2) is 12.3. The lowest BCUT2D eigenvalue weighted by molar-refractivity contribution is -0.153. The van der Waals surface area contributed by atoms with Crippen LogP contribution in [0.2, 0.25) is 0 Å². The van der Waals surface area contributed by atoms with Gasteiger partial charge < -0.3 is 20.5 Å². The van der Waals surface area contributed by atoms with Crippen LogP contribution in [0.4, 0.5) is 15.0 Å². The van der Waals surface area contributed by atoms with E-state index >= 15 is 0 Å². The lowest BCUT2D eigenvalue weighted by Gasteiger charge is -2.19. The molecule has 1 aromatic carbocycles. The Bertz CT molecular complexity index is 1110. The zero-order chi connectivity index (χ0) is 26.4. The van der Waals surface area contributed by atoms with Gasteiger partial charge in [0, 0.05) is 34.6 Å². The Labute approximate surface area is 217 Å². The van der Waals surface area contributed by atoms with E-state index < -0.39 is 36.6 Å². The fourth-order valence-corrected chi connectivity index (χ4v) is 3.89. The Morgan fingerprint density at radius 2 is 2.00 bits per heavy atom. The van der Waals surface area contributed by atoms with Gasteiger partial charge in [0.25, 0.3) is 0 Å². The van der Waals surface area contributed by atoms with Gasteiger partial charge >= 0.3 is 12.0 Å². The van der Waals surface area contributed by atoms with E-state index in [2.05, 4.69) is 31.5 Å². The fraction of sp³-hybridized carbons (Fsp3) is 0.440. The van der Waals surface area contributed by atoms with E-state index in [1.54, 1.807) is 25.3 Å². The number of aromatic nitrogens is 1. The third-order valence-corrected chi connectivity index (χ3v) is 6.61. The number of nitrogens with zero attached hydrogens (tertiary/aromatic N) is 1. The highest BCUT2D eigenvalue weighted by atomic mass is 79.9. The first kappa shape index (κ1) is 27.5. The van der Waals surface area contributed by atoms with E-state index in [9.17, 15) is 18.8 Å². The van der Waals surface area contributed by atoms with Crippen molar-refractivity contribution in [3.63, 3.8) is 0 Å². The molecule has 1 aliphatic carbocycles. The molecule has 1 saturated carbocycles. The number of urea groups is 1. The normalized spacial score (nSPS) is 18.1. The van der Waals surface area contributed by atoms with Gasteiger partial charge in [-0.3, -0.25) is 14.9 Å². The number of rotatable bonds is 11. The van der Waals surface area contributed by atoms with E-state index in [-0.39, 0.29) is 41.0 Å². The second-order valence-electron chi connectivity index (χ2n) is 8.66. The fourth-order valence-electron chi connectivity index (χ4n) is 3.66. The summed E-state index contributed by atoms with van der Waals surface area (Å²) >= 11 is 3.28. The van der Waals surface area contributed by atoms with Crippen molar-refractivity contribution in [2.24, 2.45) is 11.7 Å². The number of ether oxygens (including phenoxy) is 2. The number of benzene rings is 1. The molecule has 0 spiro atoms. The molecule has 194 valence electrons. The summed E-state index contributed by atoms with van der Waals surface area (Å²) < 4.78 is 26.6. The summed E-state index contributed by atoms with van der Waals surface area (Å²) in [6, 6.07) is 4.23. The monoisotopic (exact) mass is 564 g/mol. The highest BCUT2D eigenvalue weighted by molar-refractivity contribution is 9.10. The number of pyridine rings is 1. The quantitative estimate of drug-likeness (QED) is 0.208. The minimum atomic E-state index is -0.821. The highest BCUT2D eigenvalue weighted by Crippen LogP contribution is 2.47. The smallest absolute Gasteiger partial charge is 0.326 e. The van der Waals surface area contributed by atoms with E-state index in [4.69, 9.17) is 15.2 Å². The molecule has 4 atom stereocenters. The molecule has 9 nitrogen and oxygen atoms in total. The van der Waals surface area contributed by atoms with E-state index in [1.807, 2.05) is 13.8 Å². The number of carbonyl (C=O) groups is 3. The molecule has 0 aliphatic heterocycles. The third kappa shape index (κ3) is 6.79. The Balaban J connectivity index is 1.72. The minimum Gasteiger partial charge on any atom is -0.456 e. The molecule has 2 amide bonds. The van der Waals surface area contributed by atoms with Gasteiger partial charge in [-0.2, -0.15) is 0 Å². The molecular weight excluding hydrogens is 535 g/mol. The summed E-state index contributed by atoms with van der Waals surface area (Å²) in [5.41, 5.74) is 6.23. The van der Waals surface area contributed by atoms with Crippen LogP contribution >= 0.6 is 15.9 Å². The molecule has 4 N–H and O–H groups in total. The van der Waals surface area contributed by atoms with Crippen LogP contribution in [0.1, 0.15) is 61.9 Å². The maximum absolute atomic E-state index is 15.0. The SMILES string of the molecule is CCC(=O)c1ccc(F)c(C2CC2NC(=O)Nc2ccc(Br)cn2)c1OCOC(=O)[C@@H](N)[C@@H](C)CC. The summed E-state index contributed by atoms with van der Waals surface area (Å²) in [6.07, 6.45) is 2.86. The van der Waals surface area contributed by atoms with Crippen molar-refractivity contribution in [1.29, 1.82) is 0 Å². The van der Waals surface area contributed by atoms with Crippen LogP contribution < -0.4 is 21.1 Å². The molecule has 1 heterocycles. The molecule has 2 aromatic rings. The molecule has 0 radical (unpaired) electrons. The van der Waals surface area contributed by atoms with Gasteiger partial charge in [0.2, 0.25) is 6.79 Å². The van der Waals surface area contributed by atoms with Gasteiger partial charge in [0.15, 0.2) is 5.78 Å². The van der Waals surface area contributed by atoms with Crippen molar-refractivity contribution in [3.8, 4) is 5.75 Å². The Kier molecular flexibility index (Phi) is 9.38. The number of hydrogen-bond acceptors (Lipinski definition) is 7. The molecule has 11 heteroatoms. The lowest BCUT2D eigenvalue weighted by Crippen LogP contribution is -2.38. The van der Waals surface area contributed by atoms with Crippen molar-refractivity contribution in [2.45, 2.75) is 58.0 Å². The standard InChI is InChI=1S/C25H30BrFN4O5/c1-4-13(3)22(28)24(33)36-12-35-23-15(19(32)5-2)7-8-17(27)21(23)16-10-18(16)30-25(34)31-20-9-6-14(26)11-29-20/h6-9,11,13,16,18,22H,4-5,10,12,28H2,1-3H3,(H2,29,30,31,34)/t13-,16?,18?,22-/m0/s1. The first-order valence-electron chi connectivity index (χ1n) is 11.8. The molecular formula is C25H30BrFN4O5. The summed E-state index contributed by atoms with van der Waals surface area (Å²) in [6.45, 7) is 4.90. The van der Waals surface area contributed by atoms with Crippen LogP contribution in [0.15, 0.2) is 34.9 Å². The van der Waals surface area contributed by atoms with E-state index in [0.29, 0.717) is 18.7 Å². The number of halogens is 2. The van der Waals surface area contributed by atoms with Crippen molar-refractivity contribution < 1.29 is 28.2 Å². The van der Waals surface area contributed by atoms with Gasteiger partial charge in [-0.15, -0.1) is 0 Å². The van der Waals surface area contributed by atoms with Crippen LogP contribution in [0.25, 0.3) is 0 Å². The van der Waals surface area contributed by atoms with Gasteiger partial charge in [-0.05, 0) is 52.5 Å². The third-order valence-electron chi connectivity index (χ3n) is 6.14. The van der Waals surface area contributed by atoms with Crippen LogP contribution in [0.5, 0.6) is 5.75 Å². The summed E-state index contributed by atoms with van der Waals surface area (Å²) in [7, 11) is 0. The van der Waals surface area contributed by atoms with Gasteiger partial charge in [-0.25, -0.2) is 14.2 Å². The number of hydrogen-bond donors (Lipinski definition) is 3. The van der Waals surface area contributed by atoms with Crippen LogP contribution in [0.3, 0.4) is 0 Å². The average Bonchev–Trinajstić information content (AvgIpc) is 3.61. The molecule has 0 saturated heterocycles. The van der Waals surface area contributed by atoms with Crippen LogP contribution in [-0.4, -0.2) is 41.6 Å². The molecule has 2 unspecified atom stereocenters. The molecule has 36 heavy (non-hydrogen) atoms. The van der Waals surface area contributed by atoms with Crippen molar-refractivity contribution >= 4 is 39.5 Å². The Morgan fingerprint density at radius 1 is 1.25 bits per heavy atom. The van der Waals surface area contributed by atoms with E-state index in [1.165, 1.54) is 12.1 Å². The number of esters is 1. The molecule has 0 bridgehead atoms. The number of amides is 2.